The molecule has 1 heterocycles. The van der Waals surface area contributed by atoms with E-state index in [0.29, 0.717) is 13.0 Å². The first-order valence-electron chi connectivity index (χ1n) is 9.28. The summed E-state index contributed by atoms with van der Waals surface area (Å²) < 4.78 is 0. The van der Waals surface area contributed by atoms with E-state index < -0.39 is 17.9 Å². The second-order valence-corrected chi connectivity index (χ2v) is 6.40. The molecule has 0 radical (unpaired) electrons. The van der Waals surface area contributed by atoms with Crippen LogP contribution >= 0.6 is 0 Å². The van der Waals surface area contributed by atoms with Crippen LogP contribution in [-0.2, 0) is 9.59 Å². The van der Waals surface area contributed by atoms with Gasteiger partial charge in [-0.25, -0.2) is 4.79 Å². The summed E-state index contributed by atoms with van der Waals surface area (Å²) in [6, 6.07) is -0.582. The molecule has 0 aliphatic carbocycles. The summed E-state index contributed by atoms with van der Waals surface area (Å²) in [6.07, 6.45) is 12.8. The van der Waals surface area contributed by atoms with Crippen molar-refractivity contribution in [3.8, 4) is 0 Å². The smallest absolute Gasteiger partial charge is 0.277 e. The van der Waals surface area contributed by atoms with E-state index in [0.717, 1.165) is 24.2 Å². The molecule has 1 aliphatic heterocycles. The minimum atomic E-state index is -0.679. The molecule has 1 N–H and O–H groups in total. The number of imide groups is 2. The highest BCUT2D eigenvalue weighted by Gasteiger charge is 2.38. The summed E-state index contributed by atoms with van der Waals surface area (Å²) in [6.45, 7) is 4.28. The van der Waals surface area contributed by atoms with Crippen molar-refractivity contribution in [2.45, 2.75) is 84.5 Å². The van der Waals surface area contributed by atoms with Crippen molar-refractivity contribution >= 4 is 17.8 Å². The van der Waals surface area contributed by atoms with Crippen molar-refractivity contribution in [2.75, 3.05) is 6.54 Å². The van der Waals surface area contributed by atoms with Gasteiger partial charge in [0.05, 0.1) is 0 Å². The Morgan fingerprint density at radius 2 is 1.35 bits per heavy atom. The molecule has 5 nitrogen and oxygen atoms in total. The summed E-state index contributed by atoms with van der Waals surface area (Å²) in [5, 5.41) is 2.27. The van der Waals surface area contributed by atoms with Crippen LogP contribution in [0.2, 0.25) is 0 Å². The van der Waals surface area contributed by atoms with E-state index >= 15 is 0 Å². The van der Waals surface area contributed by atoms with Gasteiger partial charge >= 0.3 is 6.03 Å². The fourth-order valence-electron chi connectivity index (χ4n) is 3.05. The maximum absolute atomic E-state index is 12.1. The fraction of sp³-hybridized carbons (Fsp3) is 0.833. The number of carbonyl (C=O) groups is 3. The molecular formula is C18H32N2O3. The van der Waals surface area contributed by atoms with E-state index in [2.05, 4.69) is 12.2 Å². The Labute approximate surface area is 140 Å². The number of rotatable bonds is 12. The SMILES string of the molecule is CCCCCCCCCCCCC1C(=O)NC(=O)N(CC)C1=O. The van der Waals surface area contributed by atoms with E-state index in [-0.39, 0.29) is 5.91 Å². The fourth-order valence-corrected chi connectivity index (χ4v) is 3.05. The zero-order chi connectivity index (χ0) is 17.1. The first-order chi connectivity index (χ1) is 11.1. The molecule has 0 bridgehead atoms. The largest absolute Gasteiger partial charge is 0.330 e. The van der Waals surface area contributed by atoms with Gasteiger partial charge in [0, 0.05) is 6.54 Å². The van der Waals surface area contributed by atoms with Crippen LogP contribution < -0.4 is 5.32 Å². The lowest BCUT2D eigenvalue weighted by molar-refractivity contribution is -0.142. The summed E-state index contributed by atoms with van der Waals surface area (Å²) in [5.41, 5.74) is 0. The molecule has 0 aromatic rings. The molecule has 1 fully saturated rings. The minimum Gasteiger partial charge on any atom is -0.277 e. The van der Waals surface area contributed by atoms with Crippen LogP contribution in [0.15, 0.2) is 0 Å². The van der Waals surface area contributed by atoms with E-state index in [1.807, 2.05) is 0 Å². The van der Waals surface area contributed by atoms with Crippen LogP contribution in [0.3, 0.4) is 0 Å². The molecule has 1 saturated heterocycles. The Morgan fingerprint density at radius 3 is 1.87 bits per heavy atom. The number of nitrogens with zero attached hydrogens (tertiary/aromatic N) is 1. The predicted octanol–water partition coefficient (Wildman–Crippen LogP) is 4.01. The molecule has 132 valence electrons. The number of unbranched alkanes of at least 4 members (excludes halogenated alkanes) is 9. The molecule has 4 amide bonds. The molecule has 1 rings (SSSR count). The minimum absolute atomic E-state index is 0.312. The van der Waals surface area contributed by atoms with Crippen molar-refractivity contribution in [2.24, 2.45) is 5.92 Å². The van der Waals surface area contributed by atoms with Crippen molar-refractivity contribution in [1.29, 1.82) is 0 Å². The second-order valence-electron chi connectivity index (χ2n) is 6.40. The highest BCUT2D eigenvalue weighted by Crippen LogP contribution is 2.18. The molecular weight excluding hydrogens is 292 g/mol. The average Bonchev–Trinajstić information content (AvgIpc) is 2.52. The van der Waals surface area contributed by atoms with Gasteiger partial charge in [-0.1, -0.05) is 71.1 Å². The van der Waals surface area contributed by atoms with Gasteiger partial charge in [-0.3, -0.25) is 19.8 Å². The highest BCUT2D eigenvalue weighted by molar-refractivity contribution is 6.16. The molecule has 5 heteroatoms. The lowest BCUT2D eigenvalue weighted by Crippen LogP contribution is -2.57. The Hall–Kier alpha value is -1.39. The van der Waals surface area contributed by atoms with Crippen LogP contribution in [0, 0.1) is 5.92 Å². The Bertz CT molecular complexity index is 396. The summed E-state index contributed by atoms with van der Waals surface area (Å²) in [4.78, 5) is 36.5. The number of hydrogen-bond donors (Lipinski definition) is 1. The summed E-state index contributed by atoms with van der Waals surface area (Å²) in [7, 11) is 0. The number of barbiturate groups is 1. The first kappa shape index (κ1) is 19.7. The van der Waals surface area contributed by atoms with Crippen LogP contribution in [0.25, 0.3) is 0 Å². The molecule has 23 heavy (non-hydrogen) atoms. The number of hydrogen-bond acceptors (Lipinski definition) is 3. The third-order valence-corrected chi connectivity index (χ3v) is 4.52. The third kappa shape index (κ3) is 6.71. The van der Waals surface area contributed by atoms with Gasteiger partial charge in [0.1, 0.15) is 5.92 Å². The molecule has 1 unspecified atom stereocenters. The van der Waals surface area contributed by atoms with Gasteiger partial charge in [-0.15, -0.1) is 0 Å². The lowest BCUT2D eigenvalue weighted by atomic mass is 9.96. The number of amides is 4. The molecule has 0 aromatic carbocycles. The third-order valence-electron chi connectivity index (χ3n) is 4.52. The van der Waals surface area contributed by atoms with Crippen molar-refractivity contribution in [3.63, 3.8) is 0 Å². The van der Waals surface area contributed by atoms with Gasteiger partial charge in [0.25, 0.3) is 0 Å². The molecule has 0 aromatic heterocycles. The Morgan fingerprint density at radius 1 is 0.826 bits per heavy atom. The molecule has 1 atom stereocenters. The van der Waals surface area contributed by atoms with Gasteiger partial charge in [-0.05, 0) is 13.3 Å². The van der Waals surface area contributed by atoms with E-state index in [9.17, 15) is 14.4 Å². The molecule has 0 spiro atoms. The van der Waals surface area contributed by atoms with Crippen molar-refractivity contribution in [3.05, 3.63) is 0 Å². The van der Waals surface area contributed by atoms with Crippen LogP contribution in [0.4, 0.5) is 4.79 Å². The quantitative estimate of drug-likeness (QED) is 0.435. The van der Waals surface area contributed by atoms with E-state index in [4.69, 9.17) is 0 Å². The van der Waals surface area contributed by atoms with Gasteiger partial charge in [0.2, 0.25) is 11.8 Å². The maximum atomic E-state index is 12.1. The van der Waals surface area contributed by atoms with Crippen LogP contribution in [-0.4, -0.2) is 29.3 Å². The zero-order valence-corrected chi connectivity index (χ0v) is 14.7. The second kappa shape index (κ2) is 11.2. The highest BCUT2D eigenvalue weighted by atomic mass is 16.2. The molecule has 1 aliphatic rings. The first-order valence-corrected chi connectivity index (χ1v) is 9.28. The lowest BCUT2D eigenvalue weighted by Gasteiger charge is -2.29. The van der Waals surface area contributed by atoms with E-state index in [1.165, 1.54) is 44.9 Å². The Kier molecular flexibility index (Phi) is 9.57. The number of nitrogens with one attached hydrogen (secondary N) is 1. The summed E-state index contributed by atoms with van der Waals surface area (Å²) in [5.74, 6) is -1.44. The van der Waals surface area contributed by atoms with Crippen molar-refractivity contribution < 1.29 is 14.4 Å². The number of urea groups is 1. The predicted molar refractivity (Wildman–Crippen MR) is 90.9 cm³/mol. The normalized spacial score (nSPS) is 18.4. The van der Waals surface area contributed by atoms with Crippen LogP contribution in [0.5, 0.6) is 0 Å². The van der Waals surface area contributed by atoms with Gasteiger partial charge in [-0.2, -0.15) is 0 Å². The van der Waals surface area contributed by atoms with Gasteiger partial charge < -0.3 is 0 Å². The number of carbonyl (C=O) groups excluding carboxylic acids is 3. The zero-order valence-electron chi connectivity index (χ0n) is 14.7. The monoisotopic (exact) mass is 324 g/mol. The van der Waals surface area contributed by atoms with Crippen LogP contribution in [0.1, 0.15) is 84.5 Å². The van der Waals surface area contributed by atoms with Gasteiger partial charge in [0.15, 0.2) is 0 Å². The maximum Gasteiger partial charge on any atom is 0.330 e. The van der Waals surface area contributed by atoms with Crippen molar-refractivity contribution in [1.82, 2.24) is 10.2 Å². The Balaban J connectivity index is 2.12. The standard InChI is InChI=1S/C18H32N2O3/c1-3-5-6-7-8-9-10-11-12-13-14-15-16(21)19-18(23)20(4-2)17(15)22/h15H,3-14H2,1-2H3,(H,19,21,23). The van der Waals surface area contributed by atoms with E-state index in [1.54, 1.807) is 6.92 Å². The topological polar surface area (TPSA) is 66.5 Å². The summed E-state index contributed by atoms with van der Waals surface area (Å²) >= 11 is 0. The average molecular weight is 324 g/mol. The molecule has 0 saturated carbocycles.